The first-order valence-electron chi connectivity index (χ1n) is 6.09. The number of carbonyl (C=O) groups excluding carboxylic acids is 1. The Morgan fingerprint density at radius 2 is 1.82 bits per heavy atom. The largest absolute Gasteiger partial charge is 0.368 e. The van der Waals surface area contributed by atoms with E-state index in [4.69, 9.17) is 11.5 Å². The van der Waals surface area contributed by atoms with Gasteiger partial charge in [-0.1, -0.05) is 23.4 Å². The molecular weight excluding hydrogens is 288 g/mol. The molecule has 3 rings (SSSR count). The van der Waals surface area contributed by atoms with E-state index in [0.29, 0.717) is 0 Å². The summed E-state index contributed by atoms with van der Waals surface area (Å²) in [5, 5.41) is 6.54. The van der Waals surface area contributed by atoms with Crippen LogP contribution in [0.1, 0.15) is 10.7 Å². The van der Waals surface area contributed by atoms with Crippen molar-refractivity contribution in [2.75, 3.05) is 11.1 Å². The van der Waals surface area contributed by atoms with Crippen LogP contribution in [0.15, 0.2) is 34.9 Å². The number of nitrogens with one attached hydrogen (secondary N) is 1. The Kier molecular flexibility index (Phi) is 3.32. The van der Waals surface area contributed by atoms with Crippen LogP contribution in [0.25, 0.3) is 11.6 Å². The first-order valence-corrected chi connectivity index (χ1v) is 6.09. The number of anilines is 3. The van der Waals surface area contributed by atoms with Crippen molar-refractivity contribution in [2.24, 2.45) is 5.73 Å². The van der Waals surface area contributed by atoms with Crippen molar-refractivity contribution in [3.8, 4) is 11.6 Å². The van der Waals surface area contributed by atoms with Gasteiger partial charge in [0.1, 0.15) is 0 Å². The first kappa shape index (κ1) is 13.4. The molecule has 0 saturated heterocycles. The Morgan fingerprint density at radius 3 is 2.50 bits per heavy atom. The molecule has 0 bridgehead atoms. The summed E-state index contributed by atoms with van der Waals surface area (Å²) < 4.78 is 4.68. The lowest BCUT2D eigenvalue weighted by molar-refractivity contribution is 0.0958. The third-order valence-corrected chi connectivity index (χ3v) is 2.52. The van der Waals surface area contributed by atoms with Crippen molar-refractivity contribution in [3.05, 3.63) is 36.2 Å². The van der Waals surface area contributed by atoms with Gasteiger partial charge < -0.3 is 21.3 Å². The Bertz CT molecular complexity index is 817. The lowest BCUT2D eigenvalue weighted by atomic mass is 10.3. The summed E-state index contributed by atoms with van der Waals surface area (Å²) in [6, 6.07) is 9.25. The summed E-state index contributed by atoms with van der Waals surface area (Å²) >= 11 is 0. The zero-order valence-electron chi connectivity index (χ0n) is 11.1. The second-order valence-corrected chi connectivity index (χ2v) is 4.12. The molecule has 0 spiro atoms. The van der Waals surface area contributed by atoms with E-state index in [1.807, 2.05) is 30.3 Å². The number of carbonyl (C=O) groups is 1. The third kappa shape index (κ3) is 2.80. The van der Waals surface area contributed by atoms with E-state index in [0.717, 1.165) is 5.69 Å². The Labute approximate surface area is 123 Å². The van der Waals surface area contributed by atoms with Crippen LogP contribution < -0.4 is 16.8 Å². The van der Waals surface area contributed by atoms with Crippen LogP contribution in [0.5, 0.6) is 0 Å². The maximum absolute atomic E-state index is 11.0. The number of amides is 1. The Hall–Kier alpha value is -3.56. The maximum Gasteiger partial charge on any atom is 0.316 e. The lowest BCUT2D eigenvalue weighted by Gasteiger charge is -2.05. The number of nitrogens with two attached hydrogens (primary N) is 2. The van der Waals surface area contributed by atoms with E-state index in [1.54, 1.807) is 0 Å². The van der Waals surface area contributed by atoms with E-state index < -0.39 is 5.91 Å². The monoisotopic (exact) mass is 298 g/mol. The van der Waals surface area contributed by atoms with Crippen LogP contribution in [0.2, 0.25) is 0 Å². The van der Waals surface area contributed by atoms with Gasteiger partial charge in [-0.15, -0.1) is 0 Å². The van der Waals surface area contributed by atoms with Crippen LogP contribution in [-0.2, 0) is 0 Å². The number of hydrogen-bond donors (Lipinski definition) is 3. The fourth-order valence-corrected chi connectivity index (χ4v) is 1.61. The highest BCUT2D eigenvalue weighted by Gasteiger charge is 2.16. The topological polar surface area (TPSA) is 159 Å². The highest BCUT2D eigenvalue weighted by molar-refractivity contribution is 5.88. The number of primary amides is 1. The molecule has 0 fully saturated rings. The number of rotatable bonds is 4. The van der Waals surface area contributed by atoms with Gasteiger partial charge in [-0.25, -0.2) is 0 Å². The van der Waals surface area contributed by atoms with E-state index in [9.17, 15) is 4.79 Å². The molecule has 0 radical (unpaired) electrons. The van der Waals surface area contributed by atoms with Gasteiger partial charge in [0.25, 0.3) is 0 Å². The van der Waals surface area contributed by atoms with Gasteiger partial charge >= 0.3 is 11.8 Å². The molecule has 0 saturated carbocycles. The van der Waals surface area contributed by atoms with Gasteiger partial charge in [0, 0.05) is 5.69 Å². The summed E-state index contributed by atoms with van der Waals surface area (Å²) in [6.07, 6.45) is 0. The molecule has 0 aliphatic heterocycles. The zero-order chi connectivity index (χ0) is 15.5. The molecule has 0 atom stereocenters. The van der Waals surface area contributed by atoms with Crippen LogP contribution in [-0.4, -0.2) is 31.0 Å². The number of nitrogens with zero attached hydrogens (tertiary/aromatic N) is 5. The normalized spacial score (nSPS) is 10.4. The zero-order valence-corrected chi connectivity index (χ0v) is 11.1. The van der Waals surface area contributed by atoms with Crippen molar-refractivity contribution in [1.29, 1.82) is 0 Å². The molecule has 2 heterocycles. The maximum atomic E-state index is 11.0. The highest BCUT2D eigenvalue weighted by Crippen LogP contribution is 2.17. The third-order valence-electron chi connectivity index (χ3n) is 2.52. The van der Waals surface area contributed by atoms with Crippen molar-refractivity contribution >= 4 is 23.5 Å². The van der Waals surface area contributed by atoms with Crippen LogP contribution in [0.3, 0.4) is 0 Å². The number of benzene rings is 1. The van der Waals surface area contributed by atoms with E-state index in [2.05, 4.69) is 34.9 Å². The molecule has 2 aromatic heterocycles. The van der Waals surface area contributed by atoms with Gasteiger partial charge in [0.2, 0.25) is 23.5 Å². The number of nitrogen functional groups attached to an aromatic ring is 1. The van der Waals surface area contributed by atoms with E-state index in [-0.39, 0.29) is 29.4 Å². The fraction of sp³-hybridized carbons (Fsp3) is 0. The number of hydrogen-bond acceptors (Lipinski definition) is 9. The minimum absolute atomic E-state index is 0.0148. The van der Waals surface area contributed by atoms with E-state index in [1.165, 1.54) is 0 Å². The van der Waals surface area contributed by atoms with Gasteiger partial charge in [-0.3, -0.25) is 4.79 Å². The first-order chi connectivity index (χ1) is 10.6. The van der Waals surface area contributed by atoms with Gasteiger partial charge in [0.05, 0.1) is 0 Å². The highest BCUT2D eigenvalue weighted by atomic mass is 16.5. The smallest absolute Gasteiger partial charge is 0.316 e. The molecule has 1 amide bonds. The molecule has 1 aromatic carbocycles. The Morgan fingerprint density at radius 1 is 1.05 bits per heavy atom. The standard InChI is InChI=1S/C12H10N8O2/c13-7(21)10-16-9(20-22-10)8-17-11(14)19-12(18-8)15-6-4-2-1-3-5-6/h1-5H,(H2,13,21)(H3,14,15,17,18,19). The van der Waals surface area contributed by atoms with Crippen molar-refractivity contribution in [3.63, 3.8) is 0 Å². The number of aromatic nitrogens is 5. The molecule has 0 unspecified atom stereocenters. The molecule has 22 heavy (non-hydrogen) atoms. The van der Waals surface area contributed by atoms with E-state index >= 15 is 0 Å². The van der Waals surface area contributed by atoms with Gasteiger partial charge in [0.15, 0.2) is 0 Å². The van der Waals surface area contributed by atoms with Gasteiger partial charge in [-0.05, 0) is 12.1 Å². The average Bonchev–Trinajstić information content (AvgIpc) is 2.98. The second kappa shape index (κ2) is 5.44. The summed E-state index contributed by atoms with van der Waals surface area (Å²) in [5.74, 6) is -0.968. The Balaban J connectivity index is 1.93. The fourth-order valence-electron chi connectivity index (χ4n) is 1.61. The summed E-state index contributed by atoms with van der Waals surface area (Å²) in [7, 11) is 0. The molecule has 110 valence electrons. The van der Waals surface area contributed by atoms with Crippen LogP contribution in [0.4, 0.5) is 17.6 Å². The van der Waals surface area contributed by atoms with Gasteiger partial charge in [-0.2, -0.15) is 19.9 Å². The predicted molar refractivity (Wildman–Crippen MR) is 75.8 cm³/mol. The summed E-state index contributed by atoms with van der Waals surface area (Å²) in [5.41, 5.74) is 11.4. The molecular formula is C12H10N8O2. The molecule has 0 aliphatic rings. The van der Waals surface area contributed by atoms with Crippen molar-refractivity contribution in [1.82, 2.24) is 25.1 Å². The van der Waals surface area contributed by atoms with Crippen LogP contribution >= 0.6 is 0 Å². The molecule has 10 nitrogen and oxygen atoms in total. The molecule has 0 aliphatic carbocycles. The lowest BCUT2D eigenvalue weighted by Crippen LogP contribution is -2.11. The number of para-hydroxylation sites is 1. The summed E-state index contributed by atoms with van der Waals surface area (Å²) in [6.45, 7) is 0. The second-order valence-electron chi connectivity index (χ2n) is 4.12. The van der Waals surface area contributed by atoms with Crippen molar-refractivity contribution in [2.45, 2.75) is 0 Å². The quantitative estimate of drug-likeness (QED) is 0.617. The molecule has 10 heteroatoms. The molecule has 3 aromatic rings. The minimum Gasteiger partial charge on any atom is -0.368 e. The predicted octanol–water partition coefficient (Wildman–Crippen LogP) is 0.346. The minimum atomic E-state index is -0.844. The average molecular weight is 298 g/mol. The SMILES string of the molecule is NC(=O)c1nc(-c2nc(N)nc(Nc3ccccc3)n2)no1. The van der Waals surface area contributed by atoms with Crippen LogP contribution in [0, 0.1) is 0 Å². The summed E-state index contributed by atoms with van der Waals surface area (Å²) in [4.78, 5) is 26.7. The van der Waals surface area contributed by atoms with Crippen molar-refractivity contribution < 1.29 is 9.32 Å². The molecule has 5 N–H and O–H groups in total.